The van der Waals surface area contributed by atoms with E-state index in [9.17, 15) is 9.90 Å². The summed E-state index contributed by atoms with van der Waals surface area (Å²) in [4.78, 5) is 15.9. The molecule has 0 spiro atoms. The van der Waals surface area contributed by atoms with Crippen molar-refractivity contribution in [3.63, 3.8) is 0 Å². The van der Waals surface area contributed by atoms with E-state index in [1.54, 1.807) is 23.1 Å². The summed E-state index contributed by atoms with van der Waals surface area (Å²) in [5, 5.41) is 16.8. The molecule has 0 aliphatic carbocycles. The zero-order chi connectivity index (χ0) is 18.0. The molecule has 3 aromatic rings. The highest BCUT2D eigenvalue weighted by molar-refractivity contribution is 5.94. The van der Waals surface area contributed by atoms with Crippen LogP contribution in [0.5, 0.6) is 0 Å². The smallest absolute Gasteiger partial charge is 0.339 e. The Bertz CT molecular complexity index is 931. The van der Waals surface area contributed by atoms with Crippen LogP contribution in [0, 0.1) is 13.8 Å². The molecule has 0 amide bonds. The minimum Gasteiger partial charge on any atom is -0.478 e. The summed E-state index contributed by atoms with van der Waals surface area (Å²) in [6.45, 7) is 4.64. The minimum absolute atomic E-state index is 0.144. The Morgan fingerprint density at radius 2 is 1.96 bits per heavy atom. The van der Waals surface area contributed by atoms with E-state index in [0.717, 1.165) is 16.7 Å². The van der Waals surface area contributed by atoms with E-state index in [4.69, 9.17) is 0 Å². The second kappa shape index (κ2) is 6.76. The molecule has 0 aliphatic heterocycles. The molecule has 1 aromatic carbocycles. The molecule has 2 heterocycles. The van der Waals surface area contributed by atoms with Crippen LogP contribution in [0.3, 0.4) is 0 Å². The SMILES string of the molecule is Cc1ccc(CNc2ncc(-c3cnn(C)c3)cc2C(=O)O)cc1C. The second-order valence-corrected chi connectivity index (χ2v) is 6.10. The van der Waals surface area contributed by atoms with Crippen molar-refractivity contribution in [2.75, 3.05) is 5.32 Å². The van der Waals surface area contributed by atoms with E-state index in [2.05, 4.69) is 41.4 Å². The second-order valence-electron chi connectivity index (χ2n) is 6.10. The fourth-order valence-corrected chi connectivity index (χ4v) is 2.60. The zero-order valence-electron chi connectivity index (χ0n) is 14.4. The van der Waals surface area contributed by atoms with Crippen LogP contribution in [0.2, 0.25) is 0 Å². The van der Waals surface area contributed by atoms with Gasteiger partial charge in [0.15, 0.2) is 0 Å². The lowest BCUT2D eigenvalue weighted by molar-refractivity contribution is 0.0697. The van der Waals surface area contributed by atoms with Gasteiger partial charge in [0.1, 0.15) is 11.4 Å². The largest absolute Gasteiger partial charge is 0.478 e. The minimum atomic E-state index is -1.01. The van der Waals surface area contributed by atoms with Crippen LogP contribution in [0.25, 0.3) is 11.1 Å². The first-order valence-electron chi connectivity index (χ1n) is 7.96. The molecule has 25 heavy (non-hydrogen) atoms. The van der Waals surface area contributed by atoms with Gasteiger partial charge in [0.05, 0.1) is 6.20 Å². The van der Waals surface area contributed by atoms with Crippen LogP contribution in [0.4, 0.5) is 5.82 Å². The van der Waals surface area contributed by atoms with Gasteiger partial charge in [0, 0.05) is 37.1 Å². The summed E-state index contributed by atoms with van der Waals surface area (Å²) in [7, 11) is 1.81. The number of benzene rings is 1. The number of aromatic carboxylic acids is 1. The molecule has 0 bridgehead atoms. The molecule has 0 aliphatic rings. The Hall–Kier alpha value is -3.15. The number of hydrogen-bond donors (Lipinski definition) is 2. The first-order valence-corrected chi connectivity index (χ1v) is 7.96. The fraction of sp³-hybridized carbons (Fsp3) is 0.211. The Labute approximate surface area is 146 Å². The van der Waals surface area contributed by atoms with E-state index in [1.807, 2.05) is 19.3 Å². The molecule has 2 N–H and O–H groups in total. The Balaban J connectivity index is 1.85. The normalized spacial score (nSPS) is 10.7. The molecule has 0 saturated heterocycles. The molecule has 0 unspecified atom stereocenters. The van der Waals surface area contributed by atoms with Crippen LogP contribution in [0.15, 0.2) is 42.9 Å². The summed E-state index contributed by atoms with van der Waals surface area (Å²) in [5.41, 5.74) is 5.22. The topological polar surface area (TPSA) is 80.0 Å². The summed E-state index contributed by atoms with van der Waals surface area (Å²) < 4.78 is 1.67. The van der Waals surface area contributed by atoms with Gasteiger partial charge < -0.3 is 10.4 Å². The third kappa shape index (κ3) is 3.68. The number of carboxylic acid groups (broad SMARTS) is 1. The van der Waals surface area contributed by atoms with Crippen LogP contribution >= 0.6 is 0 Å². The van der Waals surface area contributed by atoms with E-state index >= 15 is 0 Å². The molecular weight excluding hydrogens is 316 g/mol. The maximum Gasteiger partial charge on any atom is 0.339 e. The van der Waals surface area contributed by atoms with E-state index < -0.39 is 5.97 Å². The number of aromatic nitrogens is 3. The van der Waals surface area contributed by atoms with Gasteiger partial charge in [-0.1, -0.05) is 18.2 Å². The number of aryl methyl sites for hydroxylation is 3. The third-order valence-corrected chi connectivity index (χ3v) is 4.19. The van der Waals surface area contributed by atoms with Gasteiger partial charge in [-0.25, -0.2) is 9.78 Å². The predicted molar refractivity (Wildman–Crippen MR) is 96.6 cm³/mol. The lowest BCUT2D eigenvalue weighted by Gasteiger charge is -2.11. The van der Waals surface area contributed by atoms with Crippen molar-refractivity contribution in [3.8, 4) is 11.1 Å². The highest BCUT2D eigenvalue weighted by Gasteiger charge is 2.14. The van der Waals surface area contributed by atoms with E-state index in [1.165, 1.54) is 11.1 Å². The molecule has 0 saturated carbocycles. The molecule has 128 valence electrons. The van der Waals surface area contributed by atoms with Gasteiger partial charge >= 0.3 is 5.97 Å². The average Bonchev–Trinajstić information content (AvgIpc) is 3.02. The van der Waals surface area contributed by atoms with Gasteiger partial charge in [-0.2, -0.15) is 5.10 Å². The molecule has 6 heteroatoms. The Morgan fingerprint density at radius 3 is 2.60 bits per heavy atom. The summed E-state index contributed by atoms with van der Waals surface area (Å²) in [6.07, 6.45) is 5.17. The Kier molecular flexibility index (Phi) is 4.52. The monoisotopic (exact) mass is 336 g/mol. The number of carboxylic acids is 1. The molecule has 0 radical (unpaired) electrons. The first kappa shape index (κ1) is 16.7. The maximum absolute atomic E-state index is 11.6. The molecule has 3 rings (SSSR count). The number of rotatable bonds is 5. The summed E-state index contributed by atoms with van der Waals surface area (Å²) in [5.74, 6) is -0.654. The number of anilines is 1. The lowest BCUT2D eigenvalue weighted by atomic mass is 10.1. The van der Waals surface area contributed by atoms with Crippen molar-refractivity contribution in [2.45, 2.75) is 20.4 Å². The third-order valence-electron chi connectivity index (χ3n) is 4.19. The fourth-order valence-electron chi connectivity index (χ4n) is 2.60. The Morgan fingerprint density at radius 1 is 1.16 bits per heavy atom. The van der Waals surface area contributed by atoms with Crippen molar-refractivity contribution in [2.24, 2.45) is 7.05 Å². The lowest BCUT2D eigenvalue weighted by Crippen LogP contribution is -2.09. The van der Waals surface area contributed by atoms with Gasteiger partial charge in [-0.3, -0.25) is 4.68 Å². The number of nitrogens with zero attached hydrogens (tertiary/aromatic N) is 3. The van der Waals surface area contributed by atoms with Crippen LogP contribution < -0.4 is 5.32 Å². The molecular formula is C19H20N4O2. The van der Waals surface area contributed by atoms with Gasteiger partial charge in [-0.05, 0) is 36.6 Å². The van der Waals surface area contributed by atoms with Crippen LogP contribution in [-0.4, -0.2) is 25.8 Å². The predicted octanol–water partition coefficient (Wildman–Crippen LogP) is 3.41. The number of pyridine rings is 1. The quantitative estimate of drug-likeness (QED) is 0.746. The number of carbonyl (C=O) groups is 1. The van der Waals surface area contributed by atoms with Crippen molar-refractivity contribution < 1.29 is 9.90 Å². The van der Waals surface area contributed by atoms with Crippen molar-refractivity contribution >= 4 is 11.8 Å². The highest BCUT2D eigenvalue weighted by atomic mass is 16.4. The van der Waals surface area contributed by atoms with Crippen LogP contribution in [-0.2, 0) is 13.6 Å². The molecule has 0 fully saturated rings. The van der Waals surface area contributed by atoms with E-state index in [-0.39, 0.29) is 5.56 Å². The van der Waals surface area contributed by atoms with Crippen LogP contribution in [0.1, 0.15) is 27.0 Å². The zero-order valence-corrected chi connectivity index (χ0v) is 14.4. The van der Waals surface area contributed by atoms with Crippen molar-refractivity contribution in [1.82, 2.24) is 14.8 Å². The summed E-state index contributed by atoms with van der Waals surface area (Å²) in [6, 6.07) is 7.80. The standard InChI is InChI=1S/C19H20N4O2/c1-12-4-5-14(6-13(12)2)8-20-18-17(19(24)25)7-15(9-21-18)16-10-22-23(3)11-16/h4-7,9-11H,8H2,1-3H3,(H,20,21)(H,24,25). The summed E-state index contributed by atoms with van der Waals surface area (Å²) >= 11 is 0. The van der Waals surface area contributed by atoms with Crippen molar-refractivity contribution in [1.29, 1.82) is 0 Å². The molecule has 6 nitrogen and oxygen atoms in total. The molecule has 2 aromatic heterocycles. The van der Waals surface area contributed by atoms with Gasteiger partial charge in [-0.15, -0.1) is 0 Å². The highest BCUT2D eigenvalue weighted by Crippen LogP contribution is 2.23. The maximum atomic E-state index is 11.6. The average molecular weight is 336 g/mol. The van der Waals surface area contributed by atoms with Crippen molar-refractivity contribution in [3.05, 3.63) is 65.1 Å². The van der Waals surface area contributed by atoms with Gasteiger partial charge in [0.25, 0.3) is 0 Å². The van der Waals surface area contributed by atoms with E-state index in [0.29, 0.717) is 12.4 Å². The first-order chi connectivity index (χ1) is 11.9. The van der Waals surface area contributed by atoms with Gasteiger partial charge in [0.2, 0.25) is 0 Å². The number of nitrogens with one attached hydrogen (secondary N) is 1. The number of hydrogen-bond acceptors (Lipinski definition) is 4. The molecule has 0 atom stereocenters.